The summed E-state index contributed by atoms with van der Waals surface area (Å²) in [5.74, 6) is 4.87. The molecule has 0 radical (unpaired) electrons. The smallest absolute Gasteiger partial charge is 0.239 e. The summed E-state index contributed by atoms with van der Waals surface area (Å²) in [6.45, 7) is 2.03. The minimum absolute atomic E-state index is 0.107. The van der Waals surface area contributed by atoms with E-state index in [0.717, 1.165) is 15.7 Å². The van der Waals surface area contributed by atoms with E-state index in [2.05, 4.69) is 26.7 Å². The molecule has 0 fully saturated rings. The largest absolute Gasteiger partial charge is 0.325 e. The third-order valence-electron chi connectivity index (χ3n) is 1.73. The first-order valence-electron chi connectivity index (χ1n) is 4.13. The van der Waals surface area contributed by atoms with E-state index in [4.69, 9.17) is 5.84 Å². The Bertz CT molecular complexity index is 341. The van der Waals surface area contributed by atoms with Crippen LogP contribution in [0.15, 0.2) is 22.7 Å². The first kappa shape index (κ1) is 11.2. The van der Waals surface area contributed by atoms with E-state index in [1.165, 1.54) is 0 Å². The van der Waals surface area contributed by atoms with Gasteiger partial charge in [0.2, 0.25) is 5.91 Å². The fraction of sp³-hybridized carbons (Fsp3) is 0.222. The predicted molar refractivity (Wildman–Crippen MR) is 59.7 cm³/mol. The number of benzene rings is 1. The standard InChI is InChI=1S/C9H12BrN3O/c1-6-4-7(10)2-3-8(6)13-9(14)5-12-11/h2-4,12H,5,11H2,1H3,(H,13,14). The van der Waals surface area contributed by atoms with Gasteiger partial charge in [-0.3, -0.25) is 16.1 Å². The van der Waals surface area contributed by atoms with E-state index in [-0.39, 0.29) is 12.5 Å². The fourth-order valence-electron chi connectivity index (χ4n) is 1.05. The second kappa shape index (κ2) is 5.09. The van der Waals surface area contributed by atoms with E-state index < -0.39 is 0 Å². The summed E-state index contributed by atoms with van der Waals surface area (Å²) >= 11 is 3.35. The molecule has 14 heavy (non-hydrogen) atoms. The molecular weight excluding hydrogens is 246 g/mol. The van der Waals surface area contributed by atoms with Crippen molar-refractivity contribution in [2.45, 2.75) is 6.92 Å². The Morgan fingerprint density at radius 3 is 2.86 bits per heavy atom. The van der Waals surface area contributed by atoms with Crippen LogP contribution in [0.3, 0.4) is 0 Å². The number of halogens is 1. The molecule has 0 aromatic heterocycles. The highest BCUT2D eigenvalue weighted by Crippen LogP contribution is 2.19. The van der Waals surface area contributed by atoms with E-state index >= 15 is 0 Å². The van der Waals surface area contributed by atoms with Crippen LogP contribution < -0.4 is 16.6 Å². The molecule has 0 atom stereocenters. The van der Waals surface area contributed by atoms with Crippen molar-refractivity contribution in [3.8, 4) is 0 Å². The van der Waals surface area contributed by atoms with Gasteiger partial charge in [0.15, 0.2) is 0 Å². The molecule has 0 saturated heterocycles. The Labute approximate surface area is 91.0 Å². The van der Waals surface area contributed by atoms with Gasteiger partial charge in [0.1, 0.15) is 0 Å². The molecule has 0 bridgehead atoms. The van der Waals surface area contributed by atoms with Crippen LogP contribution in [-0.4, -0.2) is 12.5 Å². The number of amides is 1. The van der Waals surface area contributed by atoms with Crippen molar-refractivity contribution in [3.63, 3.8) is 0 Å². The zero-order chi connectivity index (χ0) is 10.6. The van der Waals surface area contributed by atoms with Crippen molar-refractivity contribution in [1.82, 2.24) is 5.43 Å². The zero-order valence-electron chi connectivity index (χ0n) is 7.80. The van der Waals surface area contributed by atoms with Gasteiger partial charge >= 0.3 is 0 Å². The molecule has 5 heteroatoms. The summed E-state index contributed by atoms with van der Waals surface area (Å²) < 4.78 is 0.991. The summed E-state index contributed by atoms with van der Waals surface area (Å²) in [5, 5.41) is 2.74. The summed E-state index contributed by atoms with van der Waals surface area (Å²) in [7, 11) is 0. The first-order chi connectivity index (χ1) is 6.63. The molecule has 0 saturated carbocycles. The van der Waals surface area contributed by atoms with E-state index in [9.17, 15) is 4.79 Å². The maximum absolute atomic E-state index is 11.2. The Kier molecular flexibility index (Phi) is 4.06. The average molecular weight is 258 g/mol. The highest BCUT2D eigenvalue weighted by Gasteiger charge is 2.03. The van der Waals surface area contributed by atoms with Crippen molar-refractivity contribution in [1.29, 1.82) is 0 Å². The number of nitrogens with two attached hydrogens (primary N) is 1. The lowest BCUT2D eigenvalue weighted by atomic mass is 10.2. The number of anilines is 1. The minimum atomic E-state index is -0.155. The van der Waals surface area contributed by atoms with E-state index in [0.29, 0.717) is 0 Å². The van der Waals surface area contributed by atoms with Crippen molar-refractivity contribution in [2.75, 3.05) is 11.9 Å². The molecule has 76 valence electrons. The van der Waals surface area contributed by atoms with Crippen LogP contribution in [0.5, 0.6) is 0 Å². The van der Waals surface area contributed by atoms with Crippen LogP contribution in [0.2, 0.25) is 0 Å². The molecule has 4 nitrogen and oxygen atoms in total. The van der Waals surface area contributed by atoms with Gasteiger partial charge in [-0.05, 0) is 30.7 Å². The normalized spacial score (nSPS) is 9.93. The summed E-state index contributed by atoms with van der Waals surface area (Å²) in [5.41, 5.74) is 4.10. The second-order valence-corrected chi connectivity index (χ2v) is 3.80. The maximum atomic E-state index is 11.2. The van der Waals surface area contributed by atoms with Crippen molar-refractivity contribution in [3.05, 3.63) is 28.2 Å². The third-order valence-corrected chi connectivity index (χ3v) is 2.22. The van der Waals surface area contributed by atoms with Gasteiger partial charge in [-0.1, -0.05) is 15.9 Å². The molecule has 0 spiro atoms. The topological polar surface area (TPSA) is 67.2 Å². The quantitative estimate of drug-likeness (QED) is 0.563. The molecule has 4 N–H and O–H groups in total. The Morgan fingerprint density at radius 1 is 1.57 bits per heavy atom. The number of carbonyl (C=O) groups is 1. The zero-order valence-corrected chi connectivity index (χ0v) is 9.39. The van der Waals surface area contributed by atoms with E-state index in [1.54, 1.807) is 0 Å². The monoisotopic (exact) mass is 257 g/mol. The average Bonchev–Trinajstić information content (AvgIpc) is 2.10. The number of carbonyl (C=O) groups excluding carboxylic acids is 1. The maximum Gasteiger partial charge on any atom is 0.239 e. The third kappa shape index (κ3) is 3.10. The highest BCUT2D eigenvalue weighted by molar-refractivity contribution is 9.10. The predicted octanol–water partition coefficient (Wildman–Crippen LogP) is 1.16. The molecule has 0 aliphatic rings. The van der Waals surface area contributed by atoms with Crippen molar-refractivity contribution in [2.24, 2.45) is 5.84 Å². The summed E-state index contributed by atoms with van der Waals surface area (Å²) in [6, 6.07) is 5.65. The first-order valence-corrected chi connectivity index (χ1v) is 4.92. The van der Waals surface area contributed by atoms with Gasteiger partial charge in [0, 0.05) is 10.2 Å². The lowest BCUT2D eigenvalue weighted by Gasteiger charge is -2.07. The van der Waals surface area contributed by atoms with Crippen LogP contribution in [-0.2, 0) is 4.79 Å². The molecule has 0 aliphatic carbocycles. The van der Waals surface area contributed by atoms with Crippen LogP contribution in [0.25, 0.3) is 0 Å². The van der Waals surface area contributed by atoms with Gasteiger partial charge in [0.25, 0.3) is 0 Å². The Balaban J connectivity index is 2.72. The number of hydrogen-bond donors (Lipinski definition) is 3. The lowest BCUT2D eigenvalue weighted by Crippen LogP contribution is -2.32. The number of hydrogen-bond acceptors (Lipinski definition) is 3. The number of nitrogens with one attached hydrogen (secondary N) is 2. The fourth-order valence-corrected chi connectivity index (χ4v) is 1.53. The molecular formula is C9H12BrN3O. The Hall–Kier alpha value is -0.910. The van der Waals surface area contributed by atoms with Crippen LogP contribution in [0, 0.1) is 6.92 Å². The Morgan fingerprint density at radius 2 is 2.29 bits per heavy atom. The van der Waals surface area contributed by atoms with Gasteiger partial charge in [-0.15, -0.1) is 0 Å². The number of hydrazine groups is 1. The molecule has 1 aromatic rings. The number of rotatable bonds is 3. The highest BCUT2D eigenvalue weighted by atomic mass is 79.9. The minimum Gasteiger partial charge on any atom is -0.325 e. The van der Waals surface area contributed by atoms with Crippen molar-refractivity contribution < 1.29 is 4.79 Å². The lowest BCUT2D eigenvalue weighted by molar-refractivity contribution is -0.115. The molecule has 0 aliphatic heterocycles. The second-order valence-electron chi connectivity index (χ2n) is 2.89. The molecule has 1 rings (SSSR count). The van der Waals surface area contributed by atoms with E-state index in [1.807, 2.05) is 25.1 Å². The van der Waals surface area contributed by atoms with Gasteiger partial charge < -0.3 is 5.32 Å². The molecule has 0 unspecified atom stereocenters. The summed E-state index contributed by atoms with van der Waals surface area (Å²) in [4.78, 5) is 11.2. The van der Waals surface area contributed by atoms with Crippen LogP contribution >= 0.6 is 15.9 Å². The summed E-state index contributed by atoms with van der Waals surface area (Å²) in [6.07, 6.45) is 0. The SMILES string of the molecule is Cc1cc(Br)ccc1NC(=O)CNN. The van der Waals surface area contributed by atoms with Gasteiger partial charge in [-0.2, -0.15) is 0 Å². The molecule has 1 aromatic carbocycles. The van der Waals surface area contributed by atoms with Gasteiger partial charge in [0.05, 0.1) is 6.54 Å². The molecule has 1 amide bonds. The number of aryl methyl sites for hydroxylation is 1. The van der Waals surface area contributed by atoms with Crippen molar-refractivity contribution >= 4 is 27.5 Å². The van der Waals surface area contributed by atoms with Gasteiger partial charge in [-0.25, -0.2) is 0 Å². The van der Waals surface area contributed by atoms with Crippen LogP contribution in [0.1, 0.15) is 5.56 Å². The molecule has 0 heterocycles. The van der Waals surface area contributed by atoms with Crippen LogP contribution in [0.4, 0.5) is 5.69 Å².